The first kappa shape index (κ1) is 21.4. The van der Waals surface area contributed by atoms with Gasteiger partial charge in [-0.1, -0.05) is 24.6 Å². The van der Waals surface area contributed by atoms with E-state index in [1.165, 1.54) is 23.4 Å². The second-order valence-electron chi connectivity index (χ2n) is 7.63. The lowest BCUT2D eigenvalue weighted by atomic mass is 9.86. The van der Waals surface area contributed by atoms with Gasteiger partial charge in [-0.3, -0.25) is 4.68 Å². The maximum Gasteiger partial charge on any atom is 0.137 e. The van der Waals surface area contributed by atoms with Gasteiger partial charge < -0.3 is 5.11 Å². The van der Waals surface area contributed by atoms with Gasteiger partial charge in [-0.15, -0.1) is 0 Å². The van der Waals surface area contributed by atoms with Gasteiger partial charge in [-0.05, 0) is 44.0 Å². The lowest BCUT2D eigenvalue weighted by Crippen LogP contribution is -2.41. The van der Waals surface area contributed by atoms with Gasteiger partial charge in [0.2, 0.25) is 0 Å². The number of aryl methyl sites for hydroxylation is 2. The molecule has 0 aliphatic carbocycles. The molecule has 0 aliphatic rings. The van der Waals surface area contributed by atoms with E-state index in [4.69, 9.17) is 16.7 Å². The van der Waals surface area contributed by atoms with Crippen molar-refractivity contribution in [2.24, 2.45) is 0 Å². The highest BCUT2D eigenvalue weighted by Gasteiger charge is 2.41. The standard InChI is InChI=1S/C22H22ClF2N5O/c1-4-20-16-6-8-18(23)13(2)21(16)30(28-20)14(3)22(31,10-29-12-26-11-27-29)17-7-5-15(24)9-19(17)25/h5-9,11-12,14,31H,4,10H2,1-3H3/t14-,22-/m1/s1. The third-order valence-corrected chi connectivity index (χ3v) is 6.20. The molecule has 0 amide bonds. The molecule has 0 saturated carbocycles. The summed E-state index contributed by atoms with van der Waals surface area (Å²) in [5, 5.41) is 22.2. The van der Waals surface area contributed by atoms with Gasteiger partial charge >= 0.3 is 0 Å². The number of hydrogen-bond acceptors (Lipinski definition) is 4. The minimum Gasteiger partial charge on any atom is -0.381 e. The molecule has 0 bridgehead atoms. The monoisotopic (exact) mass is 445 g/mol. The van der Waals surface area contributed by atoms with E-state index >= 15 is 0 Å². The van der Waals surface area contributed by atoms with Gasteiger partial charge in [0.25, 0.3) is 0 Å². The van der Waals surface area contributed by atoms with Crippen LogP contribution < -0.4 is 0 Å². The Morgan fingerprint density at radius 1 is 1.23 bits per heavy atom. The molecule has 0 radical (unpaired) electrons. The first-order valence-corrected chi connectivity index (χ1v) is 10.3. The van der Waals surface area contributed by atoms with Crippen LogP contribution in [0.3, 0.4) is 0 Å². The average Bonchev–Trinajstić information content (AvgIpc) is 3.37. The smallest absolute Gasteiger partial charge is 0.137 e. The van der Waals surface area contributed by atoms with E-state index in [1.807, 2.05) is 26.0 Å². The van der Waals surface area contributed by atoms with Crippen molar-refractivity contribution < 1.29 is 13.9 Å². The van der Waals surface area contributed by atoms with E-state index in [0.717, 1.165) is 34.3 Å². The molecule has 2 heterocycles. The van der Waals surface area contributed by atoms with Crippen molar-refractivity contribution in [2.45, 2.75) is 45.4 Å². The Bertz CT molecular complexity index is 1240. The maximum atomic E-state index is 14.9. The Kier molecular flexibility index (Phi) is 5.53. The van der Waals surface area contributed by atoms with Crippen LogP contribution in [-0.4, -0.2) is 29.7 Å². The SMILES string of the molecule is CCc1nn([C@H](C)[C@](O)(Cn2cncn2)c2ccc(F)cc2F)c2c(C)c(Cl)ccc12. The second-order valence-corrected chi connectivity index (χ2v) is 8.04. The third kappa shape index (κ3) is 3.59. The van der Waals surface area contributed by atoms with Crippen molar-refractivity contribution in [1.82, 2.24) is 24.5 Å². The fraction of sp³-hybridized carbons (Fsp3) is 0.318. The van der Waals surface area contributed by atoms with Crippen molar-refractivity contribution in [3.8, 4) is 0 Å². The van der Waals surface area contributed by atoms with Gasteiger partial charge in [-0.25, -0.2) is 18.4 Å². The minimum absolute atomic E-state index is 0.0571. The van der Waals surface area contributed by atoms with Crippen LogP contribution in [0.1, 0.15) is 36.7 Å². The summed E-state index contributed by atoms with van der Waals surface area (Å²) in [5.41, 5.74) is 0.532. The van der Waals surface area contributed by atoms with Crippen molar-refractivity contribution in [2.75, 3.05) is 0 Å². The maximum absolute atomic E-state index is 14.9. The summed E-state index contributed by atoms with van der Waals surface area (Å²) >= 11 is 6.38. The molecule has 1 N–H and O–H groups in total. The lowest BCUT2D eigenvalue weighted by molar-refractivity contribution is -0.0356. The normalized spacial score (nSPS) is 14.7. The van der Waals surface area contributed by atoms with Crippen molar-refractivity contribution in [1.29, 1.82) is 0 Å². The number of aliphatic hydroxyl groups is 1. The molecule has 0 fully saturated rings. The van der Waals surface area contributed by atoms with E-state index in [-0.39, 0.29) is 12.1 Å². The minimum atomic E-state index is -1.82. The molecule has 9 heteroatoms. The molecule has 31 heavy (non-hydrogen) atoms. The fourth-order valence-corrected chi connectivity index (χ4v) is 4.18. The molecule has 4 rings (SSSR count). The van der Waals surface area contributed by atoms with Crippen LogP contribution in [0.5, 0.6) is 0 Å². The molecule has 0 saturated heterocycles. The Hall–Kier alpha value is -2.84. The molecule has 2 atom stereocenters. The molecule has 0 aliphatic heterocycles. The summed E-state index contributed by atoms with van der Waals surface area (Å²) in [6, 6.07) is 6.10. The second kappa shape index (κ2) is 8.01. The Balaban J connectivity index is 1.95. The quantitative estimate of drug-likeness (QED) is 0.471. The molecular weight excluding hydrogens is 424 g/mol. The van der Waals surface area contributed by atoms with Crippen LogP contribution in [0.15, 0.2) is 43.0 Å². The van der Waals surface area contributed by atoms with Crippen molar-refractivity contribution >= 4 is 22.5 Å². The van der Waals surface area contributed by atoms with Crippen LogP contribution in [0.2, 0.25) is 5.02 Å². The molecule has 0 unspecified atom stereocenters. The first-order valence-electron chi connectivity index (χ1n) is 9.92. The molecule has 2 aromatic carbocycles. The van der Waals surface area contributed by atoms with Crippen LogP contribution in [-0.2, 0) is 18.6 Å². The molecule has 2 aromatic heterocycles. The summed E-state index contributed by atoms with van der Waals surface area (Å²) in [7, 11) is 0. The zero-order valence-electron chi connectivity index (χ0n) is 17.4. The van der Waals surface area contributed by atoms with E-state index in [2.05, 4.69) is 10.1 Å². The van der Waals surface area contributed by atoms with E-state index < -0.39 is 23.3 Å². The van der Waals surface area contributed by atoms with E-state index in [9.17, 15) is 13.9 Å². The van der Waals surface area contributed by atoms with Crippen LogP contribution in [0, 0.1) is 18.6 Å². The zero-order chi connectivity index (χ0) is 22.3. The summed E-state index contributed by atoms with van der Waals surface area (Å²) in [5.74, 6) is -1.58. The van der Waals surface area contributed by atoms with Gasteiger partial charge in [-0.2, -0.15) is 10.2 Å². The topological polar surface area (TPSA) is 68.8 Å². The molecule has 0 spiro atoms. The Labute approximate surface area is 183 Å². The van der Waals surface area contributed by atoms with Gasteiger partial charge in [0.1, 0.15) is 29.9 Å². The zero-order valence-corrected chi connectivity index (χ0v) is 18.1. The highest BCUT2D eigenvalue weighted by molar-refractivity contribution is 6.32. The number of aromatic nitrogens is 5. The number of halogens is 3. The van der Waals surface area contributed by atoms with E-state index in [0.29, 0.717) is 11.4 Å². The average molecular weight is 446 g/mol. The van der Waals surface area contributed by atoms with Crippen LogP contribution in [0.4, 0.5) is 8.78 Å². The Morgan fingerprint density at radius 2 is 2.00 bits per heavy atom. The number of benzene rings is 2. The number of hydrogen-bond donors (Lipinski definition) is 1. The summed E-state index contributed by atoms with van der Waals surface area (Å²) in [4.78, 5) is 3.91. The first-order chi connectivity index (χ1) is 14.8. The predicted molar refractivity (Wildman–Crippen MR) is 114 cm³/mol. The largest absolute Gasteiger partial charge is 0.381 e. The van der Waals surface area contributed by atoms with Gasteiger partial charge in [0, 0.05) is 22.0 Å². The fourth-order valence-electron chi connectivity index (χ4n) is 4.03. The van der Waals surface area contributed by atoms with Gasteiger partial charge in [0.05, 0.1) is 23.8 Å². The summed E-state index contributed by atoms with van der Waals surface area (Å²) in [6.45, 7) is 5.50. The molecular formula is C22H22ClF2N5O. The number of rotatable bonds is 6. The number of nitrogens with zero attached hydrogens (tertiary/aromatic N) is 5. The van der Waals surface area contributed by atoms with Crippen LogP contribution >= 0.6 is 11.6 Å². The van der Waals surface area contributed by atoms with Crippen LogP contribution in [0.25, 0.3) is 10.9 Å². The van der Waals surface area contributed by atoms with E-state index in [1.54, 1.807) is 11.6 Å². The highest BCUT2D eigenvalue weighted by atomic mass is 35.5. The molecule has 4 aromatic rings. The Morgan fingerprint density at radius 3 is 2.65 bits per heavy atom. The van der Waals surface area contributed by atoms with Crippen molar-refractivity contribution in [3.05, 3.63) is 76.5 Å². The molecule has 6 nitrogen and oxygen atoms in total. The lowest BCUT2D eigenvalue weighted by Gasteiger charge is -2.35. The van der Waals surface area contributed by atoms with Crippen molar-refractivity contribution in [3.63, 3.8) is 0 Å². The highest BCUT2D eigenvalue weighted by Crippen LogP contribution is 2.39. The predicted octanol–water partition coefficient (Wildman–Crippen LogP) is 4.58. The molecule has 162 valence electrons. The van der Waals surface area contributed by atoms with Gasteiger partial charge in [0.15, 0.2) is 0 Å². The number of fused-ring (bicyclic) bond motifs is 1. The summed E-state index contributed by atoms with van der Waals surface area (Å²) < 4.78 is 31.6. The summed E-state index contributed by atoms with van der Waals surface area (Å²) in [6.07, 6.45) is 3.43. The third-order valence-electron chi connectivity index (χ3n) is 5.79.